The molecule has 0 bridgehead atoms. The number of piperazine rings is 1. The molecule has 0 spiro atoms. The molecule has 2 N–H and O–H groups in total. The van der Waals surface area contributed by atoms with Gasteiger partial charge in [0.25, 0.3) is 5.91 Å². The second kappa shape index (κ2) is 8.71. The summed E-state index contributed by atoms with van der Waals surface area (Å²) in [5, 5.41) is 8.69. The van der Waals surface area contributed by atoms with Crippen molar-refractivity contribution in [3.63, 3.8) is 0 Å². The summed E-state index contributed by atoms with van der Waals surface area (Å²) in [6, 6.07) is 18.0. The van der Waals surface area contributed by atoms with Gasteiger partial charge in [-0.05, 0) is 36.1 Å². The standard InChI is InChI=1S/C24H27N3O3/c28-22(25-30)12-11-19-7-4-5-10-21(19)26-15-17-27(18-16-26)23(29)24(13-6-14-24)20-8-2-1-3-9-20/h1-5,7-12,30H,6,13-18H2,(H,25,28)/b12-11+. The minimum atomic E-state index is -0.563. The Morgan fingerprint density at radius 1 is 0.933 bits per heavy atom. The fourth-order valence-corrected chi connectivity index (χ4v) is 4.49. The molecule has 2 fully saturated rings. The maximum atomic E-state index is 13.5. The van der Waals surface area contributed by atoms with Gasteiger partial charge in [0, 0.05) is 37.9 Å². The Morgan fingerprint density at radius 2 is 1.60 bits per heavy atom. The summed E-state index contributed by atoms with van der Waals surface area (Å²) in [7, 11) is 0. The molecule has 0 radical (unpaired) electrons. The van der Waals surface area contributed by atoms with Crippen LogP contribution in [-0.2, 0) is 15.0 Å². The van der Waals surface area contributed by atoms with E-state index in [1.165, 1.54) is 6.08 Å². The molecule has 30 heavy (non-hydrogen) atoms. The molecule has 4 rings (SSSR count). The van der Waals surface area contributed by atoms with Gasteiger partial charge in [0.15, 0.2) is 0 Å². The van der Waals surface area contributed by atoms with Crippen molar-refractivity contribution in [3.05, 3.63) is 71.8 Å². The Morgan fingerprint density at radius 3 is 2.23 bits per heavy atom. The normalized spacial score (nSPS) is 18.2. The monoisotopic (exact) mass is 405 g/mol. The second-order valence-electron chi connectivity index (χ2n) is 7.95. The first-order chi connectivity index (χ1) is 14.6. The Labute approximate surface area is 176 Å². The van der Waals surface area contributed by atoms with Gasteiger partial charge in [0.2, 0.25) is 5.91 Å². The number of hydrogen-bond donors (Lipinski definition) is 2. The first-order valence-corrected chi connectivity index (χ1v) is 10.4. The quantitative estimate of drug-likeness (QED) is 0.456. The zero-order valence-corrected chi connectivity index (χ0v) is 17.0. The number of carbonyl (C=O) groups excluding carboxylic acids is 2. The predicted molar refractivity (Wildman–Crippen MR) is 116 cm³/mol. The minimum Gasteiger partial charge on any atom is -0.367 e. The molecule has 2 aliphatic rings. The van der Waals surface area contributed by atoms with Crippen LogP contribution in [0.2, 0.25) is 0 Å². The molecular formula is C24H27N3O3. The molecule has 1 heterocycles. The molecule has 6 nitrogen and oxygen atoms in total. The van der Waals surface area contributed by atoms with Crippen molar-refractivity contribution in [3.8, 4) is 0 Å². The number of para-hydroxylation sites is 1. The van der Waals surface area contributed by atoms with Crippen LogP contribution in [-0.4, -0.2) is 48.1 Å². The number of anilines is 1. The van der Waals surface area contributed by atoms with Gasteiger partial charge in [-0.25, -0.2) is 5.48 Å². The Kier molecular flexibility index (Phi) is 5.86. The Bertz CT molecular complexity index is 930. The maximum absolute atomic E-state index is 13.5. The lowest BCUT2D eigenvalue weighted by Crippen LogP contribution is -2.56. The third-order valence-corrected chi connectivity index (χ3v) is 6.31. The lowest BCUT2D eigenvalue weighted by atomic mass is 9.63. The van der Waals surface area contributed by atoms with E-state index < -0.39 is 5.91 Å². The predicted octanol–water partition coefficient (Wildman–Crippen LogP) is 2.98. The highest BCUT2D eigenvalue weighted by Gasteiger charge is 2.47. The van der Waals surface area contributed by atoms with Crippen molar-refractivity contribution in [2.24, 2.45) is 0 Å². The Balaban J connectivity index is 1.45. The van der Waals surface area contributed by atoms with Crippen molar-refractivity contribution in [2.45, 2.75) is 24.7 Å². The van der Waals surface area contributed by atoms with Gasteiger partial charge in [0.05, 0.1) is 5.41 Å². The Hall–Kier alpha value is -3.12. The number of amides is 2. The zero-order chi connectivity index (χ0) is 21.0. The van der Waals surface area contributed by atoms with E-state index in [2.05, 4.69) is 17.0 Å². The highest BCUT2D eigenvalue weighted by atomic mass is 16.5. The number of hydroxylamine groups is 1. The van der Waals surface area contributed by atoms with Crippen LogP contribution in [0.1, 0.15) is 30.4 Å². The summed E-state index contributed by atoms with van der Waals surface area (Å²) >= 11 is 0. The molecule has 1 aliphatic heterocycles. The van der Waals surface area contributed by atoms with E-state index in [4.69, 9.17) is 5.21 Å². The van der Waals surface area contributed by atoms with E-state index in [-0.39, 0.29) is 11.3 Å². The van der Waals surface area contributed by atoms with Crippen molar-refractivity contribution in [1.82, 2.24) is 10.4 Å². The molecule has 1 saturated carbocycles. The SMILES string of the molecule is O=C(/C=C/c1ccccc1N1CCN(C(=O)C2(c3ccccc3)CCC2)CC1)NO. The van der Waals surface area contributed by atoms with Crippen LogP contribution in [0.5, 0.6) is 0 Å². The molecule has 1 aliphatic carbocycles. The number of carbonyl (C=O) groups is 2. The summed E-state index contributed by atoms with van der Waals surface area (Å²) in [5.74, 6) is -0.306. The summed E-state index contributed by atoms with van der Waals surface area (Å²) in [6.45, 7) is 2.85. The summed E-state index contributed by atoms with van der Waals surface area (Å²) < 4.78 is 0. The fraction of sp³-hybridized carbons (Fsp3) is 0.333. The average molecular weight is 405 g/mol. The third kappa shape index (κ3) is 3.83. The van der Waals surface area contributed by atoms with Crippen LogP contribution < -0.4 is 10.4 Å². The summed E-state index contributed by atoms with van der Waals surface area (Å²) in [6.07, 6.45) is 5.95. The van der Waals surface area contributed by atoms with E-state index in [0.717, 1.165) is 49.2 Å². The van der Waals surface area contributed by atoms with Crippen LogP contribution in [0.25, 0.3) is 6.08 Å². The van der Waals surface area contributed by atoms with Gasteiger partial charge in [-0.1, -0.05) is 55.0 Å². The van der Waals surface area contributed by atoms with E-state index >= 15 is 0 Å². The highest BCUT2D eigenvalue weighted by Crippen LogP contribution is 2.45. The van der Waals surface area contributed by atoms with E-state index in [1.54, 1.807) is 11.6 Å². The van der Waals surface area contributed by atoms with Crippen molar-refractivity contribution in [1.29, 1.82) is 0 Å². The zero-order valence-electron chi connectivity index (χ0n) is 17.0. The molecule has 0 unspecified atom stereocenters. The molecule has 2 aromatic rings. The van der Waals surface area contributed by atoms with Gasteiger partial charge >= 0.3 is 0 Å². The van der Waals surface area contributed by atoms with E-state index in [1.807, 2.05) is 47.4 Å². The molecule has 0 aromatic heterocycles. The van der Waals surface area contributed by atoms with E-state index in [9.17, 15) is 9.59 Å². The first-order valence-electron chi connectivity index (χ1n) is 10.4. The van der Waals surface area contributed by atoms with Crippen molar-refractivity contribution in [2.75, 3.05) is 31.1 Å². The molecule has 6 heteroatoms. The molecular weight excluding hydrogens is 378 g/mol. The van der Waals surface area contributed by atoms with Crippen LogP contribution in [0.15, 0.2) is 60.7 Å². The summed E-state index contributed by atoms with van der Waals surface area (Å²) in [4.78, 5) is 29.0. The highest BCUT2D eigenvalue weighted by molar-refractivity contribution is 5.92. The second-order valence-corrected chi connectivity index (χ2v) is 7.95. The van der Waals surface area contributed by atoms with Crippen LogP contribution in [0.3, 0.4) is 0 Å². The largest absolute Gasteiger partial charge is 0.367 e. The first kappa shape index (κ1) is 20.2. The number of nitrogens with one attached hydrogen (secondary N) is 1. The van der Waals surface area contributed by atoms with E-state index in [0.29, 0.717) is 13.1 Å². The van der Waals surface area contributed by atoms with Gasteiger partial charge in [0.1, 0.15) is 0 Å². The third-order valence-electron chi connectivity index (χ3n) is 6.31. The van der Waals surface area contributed by atoms with Crippen molar-refractivity contribution < 1.29 is 14.8 Å². The van der Waals surface area contributed by atoms with Crippen LogP contribution >= 0.6 is 0 Å². The summed E-state index contributed by atoms with van der Waals surface area (Å²) in [5.41, 5.74) is 4.33. The van der Waals surface area contributed by atoms with Gasteiger partial charge in [-0.2, -0.15) is 0 Å². The smallest absolute Gasteiger partial charge is 0.267 e. The topological polar surface area (TPSA) is 72.9 Å². The van der Waals surface area contributed by atoms with Gasteiger partial charge in [-0.15, -0.1) is 0 Å². The number of benzene rings is 2. The molecule has 1 saturated heterocycles. The fourth-order valence-electron chi connectivity index (χ4n) is 4.49. The maximum Gasteiger partial charge on any atom is 0.267 e. The van der Waals surface area contributed by atoms with Gasteiger partial charge < -0.3 is 9.80 Å². The molecule has 2 amide bonds. The minimum absolute atomic E-state index is 0.257. The molecule has 0 atom stereocenters. The number of rotatable bonds is 5. The van der Waals surface area contributed by atoms with Crippen LogP contribution in [0, 0.1) is 0 Å². The molecule has 156 valence electrons. The lowest BCUT2D eigenvalue weighted by Gasteiger charge is -2.46. The lowest BCUT2D eigenvalue weighted by molar-refractivity contribution is -0.141. The van der Waals surface area contributed by atoms with Crippen LogP contribution in [0.4, 0.5) is 5.69 Å². The van der Waals surface area contributed by atoms with Crippen molar-refractivity contribution >= 4 is 23.6 Å². The number of nitrogens with zero attached hydrogens (tertiary/aromatic N) is 2. The average Bonchev–Trinajstić information content (AvgIpc) is 2.77. The number of hydrogen-bond acceptors (Lipinski definition) is 4. The molecule has 2 aromatic carbocycles. The van der Waals surface area contributed by atoms with Gasteiger partial charge in [-0.3, -0.25) is 14.8 Å².